The van der Waals surface area contributed by atoms with Gasteiger partial charge in [0.1, 0.15) is 0 Å². The van der Waals surface area contributed by atoms with Crippen molar-refractivity contribution in [3.05, 3.63) is 23.8 Å². The van der Waals surface area contributed by atoms with Crippen LogP contribution in [0.15, 0.2) is 23.1 Å². The third-order valence-corrected chi connectivity index (χ3v) is 5.66. The number of aryl methyl sites for hydroxylation is 1. The summed E-state index contributed by atoms with van der Waals surface area (Å²) in [6.45, 7) is 3.89. The second-order valence-electron chi connectivity index (χ2n) is 5.29. The number of carbonyl (C=O) groups is 1. The molecule has 2 atom stereocenters. The molecule has 1 aliphatic heterocycles. The predicted molar refractivity (Wildman–Crippen MR) is 78.3 cm³/mol. The molecule has 0 radical (unpaired) electrons. The van der Waals surface area contributed by atoms with E-state index in [-0.39, 0.29) is 17.6 Å². The lowest BCUT2D eigenvalue weighted by Crippen LogP contribution is -2.40. The van der Waals surface area contributed by atoms with E-state index in [1.807, 2.05) is 13.8 Å². The van der Waals surface area contributed by atoms with E-state index < -0.39 is 15.9 Å². The molecule has 3 N–H and O–H groups in total. The minimum Gasteiger partial charge on any atom is -0.325 e. The number of nitrogens with two attached hydrogens (primary N) is 1. The van der Waals surface area contributed by atoms with E-state index in [0.717, 1.165) is 12.0 Å². The number of rotatable bonds is 4. The van der Waals surface area contributed by atoms with Gasteiger partial charge < -0.3 is 11.1 Å². The molecule has 0 bridgehead atoms. The van der Waals surface area contributed by atoms with Crippen LogP contribution < -0.4 is 11.1 Å². The quantitative estimate of drug-likeness (QED) is 0.877. The van der Waals surface area contributed by atoms with E-state index in [0.29, 0.717) is 17.0 Å². The third-order valence-electron chi connectivity index (χ3n) is 3.87. The topological polar surface area (TPSA) is 89.3 Å². The number of hydrogen-bond donors (Lipinski definition) is 2. The second kappa shape index (κ2) is 5.54. The number of sulfone groups is 1. The highest BCUT2D eigenvalue weighted by atomic mass is 32.2. The monoisotopic (exact) mass is 296 g/mol. The summed E-state index contributed by atoms with van der Waals surface area (Å²) in [7, 11) is -3.19. The highest BCUT2D eigenvalue weighted by Gasteiger charge is 2.27. The van der Waals surface area contributed by atoms with Crippen molar-refractivity contribution in [1.29, 1.82) is 0 Å². The molecule has 5 nitrogen and oxygen atoms in total. The van der Waals surface area contributed by atoms with Gasteiger partial charge in [0.2, 0.25) is 5.91 Å². The molecular weight excluding hydrogens is 276 g/mol. The molecule has 0 saturated heterocycles. The van der Waals surface area contributed by atoms with Gasteiger partial charge in [-0.2, -0.15) is 0 Å². The van der Waals surface area contributed by atoms with E-state index in [1.165, 1.54) is 6.07 Å². The zero-order valence-corrected chi connectivity index (χ0v) is 12.5. The summed E-state index contributed by atoms with van der Waals surface area (Å²) < 4.78 is 23.7. The maximum absolute atomic E-state index is 12.0. The van der Waals surface area contributed by atoms with Crippen molar-refractivity contribution in [3.63, 3.8) is 0 Å². The molecule has 1 heterocycles. The lowest BCUT2D eigenvalue weighted by molar-refractivity contribution is -0.118. The van der Waals surface area contributed by atoms with Gasteiger partial charge in [-0.3, -0.25) is 4.79 Å². The van der Waals surface area contributed by atoms with Crippen molar-refractivity contribution >= 4 is 21.4 Å². The summed E-state index contributed by atoms with van der Waals surface area (Å²) in [5.74, 6) is -0.0607. The maximum atomic E-state index is 12.0. The smallest absolute Gasteiger partial charge is 0.241 e. The molecule has 1 aromatic rings. The molecule has 0 spiro atoms. The van der Waals surface area contributed by atoms with Crippen LogP contribution in [0.3, 0.4) is 0 Å². The van der Waals surface area contributed by atoms with Crippen LogP contribution in [0.2, 0.25) is 0 Å². The van der Waals surface area contributed by atoms with Crippen molar-refractivity contribution in [3.8, 4) is 0 Å². The standard InChI is InChI=1S/C14H20N2O3S/c1-3-9(2)13(15)14(17)16-11-5-4-10-6-7-20(18,19)12(10)8-11/h4-5,8-9,13H,3,6-7,15H2,1-2H3,(H,16,17). The maximum Gasteiger partial charge on any atom is 0.241 e. The Balaban J connectivity index is 2.18. The van der Waals surface area contributed by atoms with Crippen LogP contribution >= 0.6 is 0 Å². The average molecular weight is 296 g/mol. The van der Waals surface area contributed by atoms with Crippen LogP contribution in [0.1, 0.15) is 25.8 Å². The highest BCUT2D eigenvalue weighted by molar-refractivity contribution is 7.91. The van der Waals surface area contributed by atoms with Crippen LogP contribution in [0.25, 0.3) is 0 Å². The molecule has 1 aliphatic rings. The first-order valence-electron chi connectivity index (χ1n) is 6.77. The highest BCUT2D eigenvalue weighted by Crippen LogP contribution is 2.28. The van der Waals surface area contributed by atoms with E-state index in [4.69, 9.17) is 5.73 Å². The number of carbonyl (C=O) groups excluding carboxylic acids is 1. The number of nitrogens with one attached hydrogen (secondary N) is 1. The Hall–Kier alpha value is -1.40. The average Bonchev–Trinajstić information content (AvgIpc) is 2.72. The molecule has 0 aliphatic carbocycles. The second-order valence-corrected chi connectivity index (χ2v) is 7.37. The SMILES string of the molecule is CCC(C)C(N)C(=O)Nc1ccc2c(c1)S(=O)(=O)CC2. The fourth-order valence-electron chi connectivity index (χ4n) is 2.22. The minimum absolute atomic E-state index is 0.0770. The lowest BCUT2D eigenvalue weighted by atomic mass is 9.99. The normalized spacial score (nSPS) is 19.1. The van der Waals surface area contributed by atoms with Gasteiger partial charge in [-0.15, -0.1) is 0 Å². The van der Waals surface area contributed by atoms with Crippen molar-refractivity contribution in [2.45, 2.75) is 37.6 Å². The first kappa shape index (κ1) is 15.0. The first-order valence-corrected chi connectivity index (χ1v) is 8.42. The molecule has 2 rings (SSSR count). The van der Waals surface area contributed by atoms with Crippen LogP contribution in [-0.4, -0.2) is 26.1 Å². The van der Waals surface area contributed by atoms with Crippen molar-refractivity contribution in [2.75, 3.05) is 11.1 Å². The Bertz CT molecular complexity index is 625. The van der Waals surface area contributed by atoms with Gasteiger partial charge in [-0.25, -0.2) is 8.42 Å². The van der Waals surface area contributed by atoms with Crippen molar-refractivity contribution in [2.24, 2.45) is 11.7 Å². The van der Waals surface area contributed by atoms with Crippen LogP contribution in [0.4, 0.5) is 5.69 Å². The zero-order valence-electron chi connectivity index (χ0n) is 11.7. The zero-order chi connectivity index (χ0) is 14.9. The molecule has 2 unspecified atom stereocenters. The van der Waals surface area contributed by atoms with Gasteiger partial charge in [0, 0.05) is 5.69 Å². The van der Waals surface area contributed by atoms with Gasteiger partial charge in [-0.05, 0) is 30.0 Å². The van der Waals surface area contributed by atoms with Crippen LogP contribution in [-0.2, 0) is 21.1 Å². The third kappa shape index (κ3) is 2.86. The van der Waals surface area contributed by atoms with Crippen LogP contribution in [0, 0.1) is 5.92 Å². The summed E-state index contributed by atoms with van der Waals surface area (Å²) >= 11 is 0. The Kier molecular flexibility index (Phi) is 4.15. The Morgan fingerprint density at radius 3 is 2.80 bits per heavy atom. The van der Waals surface area contributed by atoms with Crippen molar-refractivity contribution < 1.29 is 13.2 Å². The largest absolute Gasteiger partial charge is 0.325 e. The molecule has 0 fully saturated rings. The van der Waals surface area contributed by atoms with E-state index in [2.05, 4.69) is 5.32 Å². The molecule has 0 saturated carbocycles. The van der Waals surface area contributed by atoms with Gasteiger partial charge in [0.25, 0.3) is 0 Å². The summed E-state index contributed by atoms with van der Waals surface area (Å²) in [5.41, 5.74) is 7.15. The number of fused-ring (bicyclic) bond motifs is 1. The molecule has 6 heteroatoms. The van der Waals surface area contributed by atoms with Crippen LogP contribution in [0.5, 0.6) is 0 Å². The minimum atomic E-state index is -3.19. The molecular formula is C14H20N2O3S. The van der Waals surface area contributed by atoms with E-state index in [9.17, 15) is 13.2 Å². The molecule has 110 valence electrons. The Morgan fingerprint density at radius 2 is 2.15 bits per heavy atom. The Morgan fingerprint density at radius 1 is 1.45 bits per heavy atom. The Labute approximate surface area is 119 Å². The summed E-state index contributed by atoms with van der Waals surface area (Å²) in [4.78, 5) is 12.3. The number of amides is 1. The fraction of sp³-hybridized carbons (Fsp3) is 0.500. The number of benzene rings is 1. The molecule has 1 amide bonds. The molecule has 1 aromatic carbocycles. The number of anilines is 1. The molecule has 20 heavy (non-hydrogen) atoms. The summed E-state index contributed by atoms with van der Waals surface area (Å²) in [5, 5.41) is 2.70. The van der Waals surface area contributed by atoms with Gasteiger partial charge >= 0.3 is 0 Å². The van der Waals surface area contributed by atoms with Gasteiger partial charge in [-0.1, -0.05) is 26.3 Å². The van der Waals surface area contributed by atoms with Gasteiger partial charge in [0.15, 0.2) is 9.84 Å². The first-order chi connectivity index (χ1) is 9.35. The predicted octanol–water partition coefficient (Wildman–Crippen LogP) is 1.33. The van der Waals surface area contributed by atoms with E-state index >= 15 is 0 Å². The fourth-order valence-corrected chi connectivity index (χ4v) is 3.81. The van der Waals surface area contributed by atoms with Gasteiger partial charge in [0.05, 0.1) is 16.7 Å². The summed E-state index contributed by atoms with van der Waals surface area (Å²) in [6, 6.07) is 4.41. The van der Waals surface area contributed by atoms with E-state index in [1.54, 1.807) is 12.1 Å². The molecule has 0 aromatic heterocycles. The summed E-state index contributed by atoms with van der Waals surface area (Å²) in [6.07, 6.45) is 1.35. The number of hydrogen-bond acceptors (Lipinski definition) is 4. The van der Waals surface area contributed by atoms with Crippen molar-refractivity contribution in [1.82, 2.24) is 0 Å². The lowest BCUT2D eigenvalue weighted by Gasteiger charge is -2.18.